The van der Waals surface area contributed by atoms with Gasteiger partial charge in [0.05, 0.1) is 6.04 Å². The largest absolute Gasteiger partial charge is 0.327 e. The molecule has 36 heavy (non-hydrogen) atoms. The quantitative estimate of drug-likeness (QED) is 0.276. The Bertz CT molecular complexity index is 1550. The highest BCUT2D eigenvalue weighted by atomic mass is 32.1. The van der Waals surface area contributed by atoms with Crippen molar-refractivity contribution in [2.24, 2.45) is 0 Å². The normalized spacial score (nSPS) is 15.2. The summed E-state index contributed by atoms with van der Waals surface area (Å²) in [6, 6.07) is 16.0. The molecule has 0 radical (unpaired) electrons. The summed E-state index contributed by atoms with van der Waals surface area (Å²) >= 11 is 3.20. The van der Waals surface area contributed by atoms with E-state index in [4.69, 9.17) is 4.98 Å². The van der Waals surface area contributed by atoms with Crippen LogP contribution in [0.2, 0.25) is 0 Å². The van der Waals surface area contributed by atoms with Crippen LogP contribution < -0.4 is 0 Å². The predicted molar refractivity (Wildman–Crippen MR) is 140 cm³/mol. The molecule has 4 heterocycles. The van der Waals surface area contributed by atoms with Crippen molar-refractivity contribution in [3.63, 3.8) is 0 Å². The molecule has 5 aromatic rings. The molecule has 1 aliphatic rings. The van der Waals surface area contributed by atoms with Gasteiger partial charge in [-0.3, -0.25) is 4.79 Å². The van der Waals surface area contributed by atoms with Gasteiger partial charge in [0, 0.05) is 34.5 Å². The van der Waals surface area contributed by atoms with Gasteiger partial charge in [-0.15, -0.1) is 32.9 Å². The molecule has 0 unspecified atom stereocenters. The molecule has 0 spiro atoms. The monoisotopic (exact) mass is 515 g/mol. The Kier molecular flexibility index (Phi) is 5.73. The molecule has 0 bridgehead atoms. The second kappa shape index (κ2) is 9.07. The maximum Gasteiger partial charge on any atom is 0.254 e. The second-order valence-electron chi connectivity index (χ2n) is 8.72. The van der Waals surface area contributed by atoms with Crippen LogP contribution in [-0.4, -0.2) is 37.1 Å². The minimum Gasteiger partial charge on any atom is -0.327 e. The van der Waals surface area contributed by atoms with E-state index in [1.807, 2.05) is 46.0 Å². The molecule has 0 N–H and O–H groups in total. The van der Waals surface area contributed by atoms with Crippen LogP contribution in [0.5, 0.6) is 0 Å². The number of rotatable bonds is 4. The summed E-state index contributed by atoms with van der Waals surface area (Å²) in [5, 5.41) is 13.7. The van der Waals surface area contributed by atoms with Crippen molar-refractivity contribution in [1.82, 2.24) is 24.6 Å². The fraction of sp³-hybridized carbons (Fsp3) is 0.185. The summed E-state index contributed by atoms with van der Waals surface area (Å²) in [7, 11) is 0. The third kappa shape index (κ3) is 3.94. The van der Waals surface area contributed by atoms with Gasteiger partial charge in [0.15, 0.2) is 11.6 Å². The lowest BCUT2D eigenvalue weighted by molar-refractivity contribution is 0.0638. The molecule has 0 saturated heterocycles. The van der Waals surface area contributed by atoms with Gasteiger partial charge in [-0.1, -0.05) is 12.1 Å². The number of thiazole rings is 1. The van der Waals surface area contributed by atoms with Crippen molar-refractivity contribution in [1.29, 1.82) is 0 Å². The van der Waals surface area contributed by atoms with Crippen LogP contribution in [0.3, 0.4) is 0 Å². The van der Waals surface area contributed by atoms with Crippen LogP contribution in [0, 0.1) is 12.7 Å². The lowest BCUT2D eigenvalue weighted by atomic mass is 10.0. The molecule has 180 valence electrons. The van der Waals surface area contributed by atoms with E-state index < -0.39 is 0 Å². The Balaban J connectivity index is 1.23. The van der Waals surface area contributed by atoms with E-state index in [2.05, 4.69) is 28.6 Å². The van der Waals surface area contributed by atoms with Gasteiger partial charge in [0.2, 0.25) is 0 Å². The highest BCUT2D eigenvalue weighted by Gasteiger charge is 2.32. The number of thiophene rings is 1. The minimum absolute atomic E-state index is 0.0147. The zero-order chi connectivity index (χ0) is 24.8. The van der Waals surface area contributed by atoms with Gasteiger partial charge in [-0.2, -0.15) is 0 Å². The summed E-state index contributed by atoms with van der Waals surface area (Å²) in [5.74, 6) is 1.14. The molecule has 6 nitrogen and oxygen atoms in total. The maximum atomic E-state index is 13.4. The Morgan fingerprint density at radius 3 is 2.44 bits per heavy atom. The first kappa shape index (κ1) is 22.8. The number of hydrogen-bond donors (Lipinski definition) is 0. The zero-order valence-corrected chi connectivity index (χ0v) is 21.3. The van der Waals surface area contributed by atoms with Crippen LogP contribution in [-0.2, 0) is 6.54 Å². The number of carbonyl (C=O) groups excluding carboxylic acids is 1. The number of halogens is 1. The van der Waals surface area contributed by atoms with Crippen LogP contribution in [0.4, 0.5) is 4.39 Å². The van der Waals surface area contributed by atoms with Gasteiger partial charge < -0.3 is 9.47 Å². The van der Waals surface area contributed by atoms with E-state index in [9.17, 15) is 9.18 Å². The number of benzene rings is 2. The van der Waals surface area contributed by atoms with Gasteiger partial charge in [0.25, 0.3) is 5.91 Å². The summed E-state index contributed by atoms with van der Waals surface area (Å²) in [5.41, 5.74) is 4.57. The van der Waals surface area contributed by atoms with E-state index >= 15 is 0 Å². The summed E-state index contributed by atoms with van der Waals surface area (Å²) in [6.07, 6.45) is 0. The molecule has 0 saturated carbocycles. The van der Waals surface area contributed by atoms with Crippen molar-refractivity contribution in [3.8, 4) is 33.2 Å². The molecule has 6 rings (SSSR count). The van der Waals surface area contributed by atoms with Crippen molar-refractivity contribution in [2.45, 2.75) is 26.4 Å². The number of aromatic nitrogens is 4. The topological polar surface area (TPSA) is 63.9 Å². The zero-order valence-electron chi connectivity index (χ0n) is 19.7. The maximum absolute atomic E-state index is 13.4. The molecule has 1 atom stereocenters. The van der Waals surface area contributed by atoms with E-state index in [-0.39, 0.29) is 17.8 Å². The average Bonchev–Trinajstić information content (AvgIpc) is 3.64. The summed E-state index contributed by atoms with van der Waals surface area (Å²) in [4.78, 5) is 21.2. The minimum atomic E-state index is -0.274. The van der Waals surface area contributed by atoms with Crippen LogP contribution in [0.15, 0.2) is 65.4 Å². The van der Waals surface area contributed by atoms with E-state index in [1.165, 1.54) is 33.9 Å². The van der Waals surface area contributed by atoms with Crippen molar-refractivity contribution in [3.05, 3.63) is 87.4 Å². The lowest BCUT2D eigenvalue weighted by Crippen LogP contribution is -2.41. The number of hydrogen-bond acceptors (Lipinski definition) is 6. The smallest absolute Gasteiger partial charge is 0.254 e. The fourth-order valence-corrected chi connectivity index (χ4v) is 6.12. The Labute approximate surface area is 215 Å². The van der Waals surface area contributed by atoms with Crippen LogP contribution >= 0.6 is 22.7 Å². The van der Waals surface area contributed by atoms with Crippen molar-refractivity contribution < 1.29 is 9.18 Å². The third-order valence-electron chi connectivity index (χ3n) is 6.57. The number of carbonyl (C=O) groups is 1. The lowest BCUT2D eigenvalue weighted by Gasteiger charge is -2.33. The predicted octanol–water partition coefficient (Wildman–Crippen LogP) is 6.46. The third-order valence-corrected chi connectivity index (χ3v) is 8.31. The molecule has 3 aromatic heterocycles. The molecular formula is C27H22FN5OS2. The van der Waals surface area contributed by atoms with Crippen molar-refractivity contribution in [2.75, 3.05) is 6.54 Å². The first-order chi connectivity index (χ1) is 17.5. The number of fused-ring (bicyclic) bond motifs is 1. The summed E-state index contributed by atoms with van der Waals surface area (Å²) in [6.45, 7) is 5.23. The van der Waals surface area contributed by atoms with E-state index in [0.717, 1.165) is 27.7 Å². The van der Waals surface area contributed by atoms with Gasteiger partial charge in [0.1, 0.15) is 16.5 Å². The second-order valence-corrected chi connectivity index (χ2v) is 10.7. The van der Waals surface area contributed by atoms with Crippen molar-refractivity contribution >= 4 is 28.6 Å². The Hall–Kier alpha value is -3.69. The van der Waals surface area contributed by atoms with Crippen LogP contribution in [0.25, 0.3) is 33.2 Å². The SMILES string of the molecule is Cc1sccc1-c1ccc(C(=O)N2CCn3c(-c4csc(-c5ccc(F)cc5)n4)nnc3[C@@H]2C)cc1. The molecule has 9 heteroatoms. The van der Waals surface area contributed by atoms with E-state index in [1.54, 1.807) is 23.5 Å². The molecular weight excluding hydrogens is 493 g/mol. The fourth-order valence-electron chi connectivity index (χ4n) is 4.60. The average molecular weight is 516 g/mol. The number of nitrogens with zero attached hydrogens (tertiary/aromatic N) is 5. The van der Waals surface area contributed by atoms with Crippen LogP contribution in [0.1, 0.15) is 34.0 Å². The molecule has 1 amide bonds. The highest BCUT2D eigenvalue weighted by Crippen LogP contribution is 2.33. The first-order valence-corrected chi connectivity index (χ1v) is 13.4. The standard InChI is InChI=1S/C27H22FN5OS2/c1-16-24-30-31-25(23-15-36-26(29-23)19-7-9-21(28)10-8-19)33(24)13-12-32(16)27(34)20-5-3-18(4-6-20)22-11-14-35-17(22)2/h3-11,14-16H,12-13H2,1-2H3/t16-/m0/s1. The molecule has 0 fully saturated rings. The molecule has 0 aliphatic carbocycles. The summed E-state index contributed by atoms with van der Waals surface area (Å²) < 4.78 is 15.3. The number of amides is 1. The Morgan fingerprint density at radius 2 is 1.72 bits per heavy atom. The first-order valence-electron chi connectivity index (χ1n) is 11.6. The van der Waals surface area contributed by atoms with Gasteiger partial charge in [-0.25, -0.2) is 9.37 Å². The molecule has 1 aliphatic heterocycles. The number of aryl methyl sites for hydroxylation is 1. The highest BCUT2D eigenvalue weighted by molar-refractivity contribution is 7.13. The van der Waals surface area contributed by atoms with E-state index in [0.29, 0.717) is 24.5 Å². The van der Waals surface area contributed by atoms with Gasteiger partial charge >= 0.3 is 0 Å². The Morgan fingerprint density at radius 1 is 0.972 bits per heavy atom. The molecule has 2 aromatic carbocycles. The van der Waals surface area contributed by atoms with Gasteiger partial charge in [-0.05, 0) is 72.8 Å².